The van der Waals surface area contributed by atoms with E-state index in [4.69, 9.17) is 5.11 Å². The average molecular weight is 230 g/mol. The maximum Gasteiger partial charge on any atom is 0.508 e. The molecule has 0 amide bonds. The van der Waals surface area contributed by atoms with E-state index in [2.05, 4.69) is 20.8 Å². The molecule has 0 aromatic rings. The highest BCUT2D eigenvalue weighted by Crippen LogP contribution is 2.08. The van der Waals surface area contributed by atoms with Gasteiger partial charge in [-0.3, -0.25) is 4.79 Å². The fraction of sp³-hybridized carbons (Fsp3) is 0.444. The zero-order valence-electron chi connectivity index (χ0n) is 8.30. The Morgan fingerprint density at radius 2 is 2.25 bits per heavy atom. The highest BCUT2D eigenvalue weighted by Gasteiger charge is 2.26. The molecule has 1 rings (SSSR count). The first kappa shape index (κ1) is 12.0. The van der Waals surface area contributed by atoms with Gasteiger partial charge in [0.05, 0.1) is 6.42 Å². The molecule has 1 saturated heterocycles. The molecule has 1 fully saturated rings. The van der Waals surface area contributed by atoms with Gasteiger partial charge >= 0.3 is 18.1 Å². The molecule has 0 saturated carbocycles. The minimum atomic E-state index is -1.17. The van der Waals surface area contributed by atoms with Crippen LogP contribution < -0.4 is 0 Å². The second-order valence-corrected chi connectivity index (χ2v) is 3.07. The van der Waals surface area contributed by atoms with Crippen LogP contribution in [-0.2, 0) is 23.8 Å². The third-order valence-corrected chi connectivity index (χ3v) is 1.70. The van der Waals surface area contributed by atoms with E-state index < -0.39 is 30.6 Å². The molecule has 1 aliphatic rings. The lowest BCUT2D eigenvalue weighted by Gasteiger charge is -2.08. The van der Waals surface area contributed by atoms with Gasteiger partial charge in [-0.25, -0.2) is 9.59 Å². The van der Waals surface area contributed by atoms with Gasteiger partial charge in [-0.1, -0.05) is 6.58 Å². The van der Waals surface area contributed by atoms with Crippen molar-refractivity contribution in [1.29, 1.82) is 0 Å². The summed E-state index contributed by atoms with van der Waals surface area (Å²) in [5.41, 5.74) is -0.169. The third-order valence-electron chi connectivity index (χ3n) is 1.70. The van der Waals surface area contributed by atoms with Crippen molar-refractivity contribution >= 4 is 18.1 Å². The van der Waals surface area contributed by atoms with Gasteiger partial charge in [0.15, 0.2) is 6.10 Å². The number of cyclic esters (lactones) is 2. The van der Waals surface area contributed by atoms with Crippen LogP contribution in [-0.4, -0.2) is 42.5 Å². The Morgan fingerprint density at radius 3 is 2.75 bits per heavy atom. The minimum absolute atomic E-state index is 0.0114. The number of ether oxygens (including phenoxy) is 3. The van der Waals surface area contributed by atoms with Crippen LogP contribution in [0.4, 0.5) is 4.79 Å². The van der Waals surface area contributed by atoms with Crippen LogP contribution in [0.1, 0.15) is 6.42 Å². The maximum atomic E-state index is 11.2. The van der Waals surface area contributed by atoms with Gasteiger partial charge in [-0.2, -0.15) is 0 Å². The summed E-state index contributed by atoms with van der Waals surface area (Å²) in [7, 11) is 0. The molecule has 1 N–H and O–H groups in total. The Balaban J connectivity index is 2.27. The topological polar surface area (TPSA) is 99.1 Å². The van der Waals surface area contributed by atoms with E-state index >= 15 is 0 Å². The predicted octanol–water partition coefficient (Wildman–Crippen LogP) is 0.0959. The van der Waals surface area contributed by atoms with Crippen LogP contribution in [0.15, 0.2) is 12.2 Å². The van der Waals surface area contributed by atoms with Crippen LogP contribution in [0, 0.1) is 0 Å². The molecule has 1 unspecified atom stereocenters. The first-order chi connectivity index (χ1) is 7.49. The second-order valence-electron chi connectivity index (χ2n) is 3.07. The molecule has 1 heterocycles. The molecule has 1 atom stereocenters. The number of hydrogen-bond donors (Lipinski definition) is 1. The zero-order chi connectivity index (χ0) is 12.1. The van der Waals surface area contributed by atoms with E-state index in [1.165, 1.54) is 0 Å². The van der Waals surface area contributed by atoms with Gasteiger partial charge < -0.3 is 19.3 Å². The van der Waals surface area contributed by atoms with Crippen molar-refractivity contribution in [1.82, 2.24) is 0 Å². The number of esters is 1. The maximum absolute atomic E-state index is 11.2. The van der Waals surface area contributed by atoms with E-state index in [0.717, 1.165) is 0 Å². The minimum Gasteiger partial charge on any atom is -0.481 e. The van der Waals surface area contributed by atoms with Crippen LogP contribution in [0.5, 0.6) is 0 Å². The highest BCUT2D eigenvalue weighted by atomic mass is 16.8. The van der Waals surface area contributed by atoms with Crippen LogP contribution >= 0.6 is 0 Å². The summed E-state index contributed by atoms with van der Waals surface area (Å²) in [6, 6.07) is 0. The number of carbonyl (C=O) groups excluding carboxylic acids is 2. The second kappa shape index (κ2) is 5.15. The lowest BCUT2D eigenvalue weighted by Crippen LogP contribution is -2.22. The van der Waals surface area contributed by atoms with Crippen LogP contribution in [0.2, 0.25) is 0 Å². The van der Waals surface area contributed by atoms with Crippen LogP contribution in [0.3, 0.4) is 0 Å². The SMILES string of the molecule is C=C(CC(=O)O)C(=O)OCC1COC(=O)O1. The lowest BCUT2D eigenvalue weighted by atomic mass is 10.2. The number of hydrogen-bond acceptors (Lipinski definition) is 6. The van der Waals surface area contributed by atoms with E-state index in [0.29, 0.717) is 0 Å². The lowest BCUT2D eigenvalue weighted by molar-refractivity contribution is -0.144. The van der Waals surface area contributed by atoms with Crippen LogP contribution in [0.25, 0.3) is 0 Å². The van der Waals surface area contributed by atoms with Crippen molar-refractivity contribution in [3.05, 3.63) is 12.2 Å². The highest BCUT2D eigenvalue weighted by molar-refractivity contribution is 5.92. The molecule has 0 aromatic heterocycles. The molecular weight excluding hydrogens is 220 g/mol. The van der Waals surface area contributed by atoms with E-state index in [-0.39, 0.29) is 18.8 Å². The standard InChI is InChI=1S/C9H10O7/c1-5(2-7(10)11)8(12)14-3-6-4-15-9(13)16-6/h6H,1-4H2,(H,10,11). The van der Waals surface area contributed by atoms with E-state index in [1.807, 2.05) is 0 Å². The first-order valence-electron chi connectivity index (χ1n) is 4.39. The van der Waals surface area contributed by atoms with Crippen molar-refractivity contribution in [2.45, 2.75) is 12.5 Å². The van der Waals surface area contributed by atoms with Gasteiger partial charge in [0.25, 0.3) is 0 Å². The predicted molar refractivity (Wildman–Crippen MR) is 48.6 cm³/mol. The fourth-order valence-corrected chi connectivity index (χ4v) is 0.973. The number of rotatable bonds is 5. The smallest absolute Gasteiger partial charge is 0.481 e. The molecule has 0 spiro atoms. The van der Waals surface area contributed by atoms with Crippen molar-refractivity contribution in [2.24, 2.45) is 0 Å². The quantitative estimate of drug-likeness (QED) is 0.528. The van der Waals surface area contributed by atoms with Crippen molar-refractivity contribution in [3.8, 4) is 0 Å². The molecular formula is C9H10O7. The third kappa shape index (κ3) is 3.60. The molecule has 16 heavy (non-hydrogen) atoms. The summed E-state index contributed by atoms with van der Waals surface area (Å²) in [5.74, 6) is -2.00. The van der Waals surface area contributed by atoms with Gasteiger partial charge in [0.2, 0.25) is 0 Å². The summed E-state index contributed by atoms with van der Waals surface area (Å²) in [4.78, 5) is 31.9. The van der Waals surface area contributed by atoms with Gasteiger partial charge in [0.1, 0.15) is 13.2 Å². The first-order valence-corrected chi connectivity index (χ1v) is 4.39. The normalized spacial score (nSPS) is 18.5. The zero-order valence-corrected chi connectivity index (χ0v) is 8.30. The summed E-state index contributed by atoms with van der Waals surface area (Å²) in [5, 5.41) is 8.39. The van der Waals surface area contributed by atoms with E-state index in [9.17, 15) is 14.4 Å². The van der Waals surface area contributed by atoms with Gasteiger partial charge in [-0.15, -0.1) is 0 Å². The molecule has 1 aliphatic heterocycles. The molecule has 0 radical (unpaired) electrons. The average Bonchev–Trinajstić information content (AvgIpc) is 2.59. The molecule has 0 aromatic carbocycles. The molecule has 7 nitrogen and oxygen atoms in total. The Bertz CT molecular complexity index is 333. The van der Waals surface area contributed by atoms with Gasteiger partial charge in [-0.05, 0) is 0 Å². The Morgan fingerprint density at radius 1 is 1.56 bits per heavy atom. The van der Waals surface area contributed by atoms with Gasteiger partial charge in [0, 0.05) is 5.57 Å². The number of carbonyl (C=O) groups is 3. The summed E-state index contributed by atoms with van der Waals surface area (Å²) < 4.78 is 13.7. The monoisotopic (exact) mass is 230 g/mol. The summed E-state index contributed by atoms with van der Waals surface area (Å²) in [6.45, 7) is 3.09. The Labute approximate surface area is 90.6 Å². The number of aliphatic carboxylic acids is 1. The number of carboxylic acid groups (broad SMARTS) is 1. The van der Waals surface area contributed by atoms with Crippen molar-refractivity contribution in [2.75, 3.05) is 13.2 Å². The summed E-state index contributed by atoms with van der Waals surface area (Å²) >= 11 is 0. The fourth-order valence-electron chi connectivity index (χ4n) is 0.973. The Kier molecular flexibility index (Phi) is 3.87. The van der Waals surface area contributed by atoms with E-state index in [1.54, 1.807) is 0 Å². The largest absolute Gasteiger partial charge is 0.508 e. The molecule has 7 heteroatoms. The molecule has 0 aliphatic carbocycles. The van der Waals surface area contributed by atoms with Crippen molar-refractivity contribution < 1.29 is 33.7 Å². The Hall–Kier alpha value is -2.05. The molecule has 0 bridgehead atoms. The molecule has 88 valence electrons. The van der Waals surface area contributed by atoms with Crippen molar-refractivity contribution in [3.63, 3.8) is 0 Å². The number of carboxylic acids is 1. The summed E-state index contributed by atoms with van der Waals surface area (Å²) in [6.07, 6.45) is -1.95.